The zero-order chi connectivity index (χ0) is 22.6. The molecule has 0 bridgehead atoms. The minimum absolute atomic E-state index is 0.129. The lowest BCUT2D eigenvalue weighted by Gasteiger charge is -2.37. The molecule has 0 N–H and O–H groups in total. The molecule has 5 aliphatic rings. The summed E-state index contributed by atoms with van der Waals surface area (Å²) in [6.07, 6.45) is 19.0. The molecule has 2 aliphatic carbocycles. The summed E-state index contributed by atoms with van der Waals surface area (Å²) in [5, 5.41) is 0. The smallest absolute Gasteiger partial charge is 0.190 e. The highest BCUT2D eigenvalue weighted by molar-refractivity contribution is 5.03. The maximum Gasteiger partial charge on any atom is 0.190 e. The minimum atomic E-state index is -0.489. The molecule has 6 heteroatoms. The van der Waals surface area contributed by atoms with Crippen LogP contribution in [0.25, 0.3) is 0 Å². The molecular formula is C27H46O6. The molecule has 0 aromatic heterocycles. The van der Waals surface area contributed by atoms with Gasteiger partial charge in [0.2, 0.25) is 0 Å². The van der Waals surface area contributed by atoms with Gasteiger partial charge in [-0.25, -0.2) is 0 Å². The molecule has 3 aliphatic heterocycles. The van der Waals surface area contributed by atoms with Crippen LogP contribution in [0.15, 0.2) is 0 Å². The third kappa shape index (κ3) is 5.62. The Bertz CT molecular complexity index is 599. The van der Waals surface area contributed by atoms with Gasteiger partial charge >= 0.3 is 0 Å². The molecule has 5 atom stereocenters. The fourth-order valence-corrected chi connectivity index (χ4v) is 6.53. The van der Waals surface area contributed by atoms with E-state index >= 15 is 0 Å². The van der Waals surface area contributed by atoms with Crippen molar-refractivity contribution in [2.75, 3.05) is 13.2 Å². The van der Waals surface area contributed by atoms with Gasteiger partial charge in [0.1, 0.15) is 24.4 Å². The average molecular weight is 467 g/mol. The Morgan fingerprint density at radius 1 is 0.636 bits per heavy atom. The molecule has 0 radical (unpaired) electrons. The van der Waals surface area contributed by atoms with E-state index in [-0.39, 0.29) is 30.7 Å². The van der Waals surface area contributed by atoms with Crippen molar-refractivity contribution in [1.82, 2.24) is 0 Å². The molecule has 33 heavy (non-hydrogen) atoms. The molecule has 0 unspecified atom stereocenters. The number of fused-ring (bicyclic) bond motifs is 3. The fraction of sp³-hybridized carbons (Fsp3) is 1.00. The summed E-state index contributed by atoms with van der Waals surface area (Å²) in [6, 6.07) is 0. The first kappa shape index (κ1) is 24.5. The maximum absolute atomic E-state index is 6.70. The lowest BCUT2D eigenvalue weighted by Crippen LogP contribution is -2.56. The highest BCUT2D eigenvalue weighted by Gasteiger charge is 2.63. The quantitative estimate of drug-likeness (QED) is 0.368. The van der Waals surface area contributed by atoms with Gasteiger partial charge in [-0.1, -0.05) is 58.3 Å². The molecule has 0 aromatic carbocycles. The van der Waals surface area contributed by atoms with Crippen LogP contribution in [-0.4, -0.2) is 55.5 Å². The van der Waals surface area contributed by atoms with Gasteiger partial charge in [-0.3, -0.25) is 0 Å². The Hall–Kier alpha value is -0.240. The standard InChI is InChI=1S/C27H46O6/c1-2-3-4-5-6-7-14-19-28-20-21-22-23(31-26(30-22)15-10-8-11-16-26)24-25(29-21)33-27(32-24)17-12-9-13-18-27/h21-25H,2-20H2,1H3/t21-,22+,23-,24+,25+/m0/s1. The average Bonchev–Trinajstić information content (AvgIpc) is 3.37. The van der Waals surface area contributed by atoms with E-state index in [2.05, 4.69) is 6.92 Å². The van der Waals surface area contributed by atoms with Crippen LogP contribution < -0.4 is 0 Å². The van der Waals surface area contributed by atoms with Crippen LogP contribution in [0.4, 0.5) is 0 Å². The fourth-order valence-electron chi connectivity index (χ4n) is 6.53. The van der Waals surface area contributed by atoms with Gasteiger partial charge < -0.3 is 28.4 Å². The molecule has 190 valence electrons. The van der Waals surface area contributed by atoms with E-state index in [1.807, 2.05) is 0 Å². The molecule has 2 spiro atoms. The summed E-state index contributed by atoms with van der Waals surface area (Å²) in [7, 11) is 0. The van der Waals surface area contributed by atoms with Crippen molar-refractivity contribution in [2.45, 2.75) is 158 Å². The zero-order valence-electron chi connectivity index (χ0n) is 20.8. The van der Waals surface area contributed by atoms with E-state index in [1.165, 1.54) is 51.4 Å². The van der Waals surface area contributed by atoms with Crippen molar-refractivity contribution in [1.29, 1.82) is 0 Å². The maximum atomic E-state index is 6.70. The third-order valence-electron chi connectivity index (χ3n) is 8.38. The molecule has 2 saturated carbocycles. The van der Waals surface area contributed by atoms with Gasteiger partial charge in [0.05, 0.1) is 6.61 Å². The molecule has 5 rings (SSSR count). The van der Waals surface area contributed by atoms with Crippen LogP contribution in [-0.2, 0) is 28.4 Å². The van der Waals surface area contributed by atoms with E-state index in [4.69, 9.17) is 28.4 Å². The number of unbranched alkanes of at least 4 members (excludes halogenated alkanes) is 6. The lowest BCUT2D eigenvalue weighted by molar-refractivity contribution is -0.256. The van der Waals surface area contributed by atoms with E-state index < -0.39 is 11.6 Å². The Labute approximate surface area is 200 Å². The third-order valence-corrected chi connectivity index (χ3v) is 8.38. The minimum Gasteiger partial charge on any atom is -0.379 e. The topological polar surface area (TPSA) is 55.4 Å². The number of ether oxygens (including phenoxy) is 6. The SMILES string of the molecule is CCCCCCCCCOC[C@@H]1O[C@@H]2OC3(CCCCC3)O[C@@H]2[C@H]2OC3(CCCCC3)O[C@@H]21. The molecule has 5 fully saturated rings. The van der Waals surface area contributed by atoms with Crippen molar-refractivity contribution in [3.05, 3.63) is 0 Å². The van der Waals surface area contributed by atoms with E-state index in [1.54, 1.807) is 0 Å². The second kappa shape index (κ2) is 11.2. The second-order valence-electron chi connectivity index (χ2n) is 11.0. The van der Waals surface area contributed by atoms with Crippen LogP contribution in [0.5, 0.6) is 0 Å². The number of hydrogen-bond acceptors (Lipinski definition) is 6. The highest BCUT2D eigenvalue weighted by atomic mass is 16.9. The first-order valence-corrected chi connectivity index (χ1v) is 14.2. The summed E-state index contributed by atoms with van der Waals surface area (Å²) in [4.78, 5) is 0. The molecule has 6 nitrogen and oxygen atoms in total. The first-order valence-electron chi connectivity index (χ1n) is 14.2. The number of rotatable bonds is 10. The normalized spacial score (nSPS) is 36.8. The predicted molar refractivity (Wildman–Crippen MR) is 125 cm³/mol. The van der Waals surface area contributed by atoms with Crippen molar-refractivity contribution < 1.29 is 28.4 Å². The largest absolute Gasteiger partial charge is 0.379 e. The van der Waals surface area contributed by atoms with Crippen LogP contribution in [0, 0.1) is 0 Å². The lowest BCUT2D eigenvalue weighted by atomic mass is 9.94. The van der Waals surface area contributed by atoms with Gasteiger partial charge in [0.15, 0.2) is 17.9 Å². The Kier molecular flexibility index (Phi) is 8.31. The van der Waals surface area contributed by atoms with Gasteiger partial charge in [-0.05, 0) is 32.1 Å². The molecule has 3 heterocycles. The molecular weight excluding hydrogens is 420 g/mol. The summed E-state index contributed by atoms with van der Waals surface area (Å²) in [5.41, 5.74) is 0. The second-order valence-corrected chi connectivity index (χ2v) is 11.0. The van der Waals surface area contributed by atoms with Crippen molar-refractivity contribution in [2.24, 2.45) is 0 Å². The Morgan fingerprint density at radius 3 is 1.91 bits per heavy atom. The monoisotopic (exact) mass is 466 g/mol. The summed E-state index contributed by atoms with van der Waals surface area (Å²) < 4.78 is 39.0. The van der Waals surface area contributed by atoms with Crippen molar-refractivity contribution in [3.8, 4) is 0 Å². The van der Waals surface area contributed by atoms with Crippen LogP contribution in [0.2, 0.25) is 0 Å². The first-order chi connectivity index (χ1) is 16.2. The van der Waals surface area contributed by atoms with E-state index in [9.17, 15) is 0 Å². The number of hydrogen-bond donors (Lipinski definition) is 0. The Balaban J connectivity index is 1.17. The van der Waals surface area contributed by atoms with Gasteiger partial charge in [-0.2, -0.15) is 0 Å². The molecule has 0 amide bonds. The molecule has 0 aromatic rings. The van der Waals surface area contributed by atoms with Crippen molar-refractivity contribution in [3.63, 3.8) is 0 Å². The van der Waals surface area contributed by atoms with Crippen LogP contribution >= 0.6 is 0 Å². The summed E-state index contributed by atoms with van der Waals surface area (Å²) >= 11 is 0. The summed E-state index contributed by atoms with van der Waals surface area (Å²) in [5.74, 6) is -0.953. The van der Waals surface area contributed by atoms with Crippen molar-refractivity contribution >= 4 is 0 Å². The van der Waals surface area contributed by atoms with Gasteiger partial charge in [0, 0.05) is 32.3 Å². The highest BCUT2D eigenvalue weighted by Crippen LogP contribution is 2.50. The van der Waals surface area contributed by atoms with E-state index in [0.717, 1.165) is 64.4 Å². The van der Waals surface area contributed by atoms with E-state index in [0.29, 0.717) is 6.61 Å². The van der Waals surface area contributed by atoms with Crippen LogP contribution in [0.3, 0.4) is 0 Å². The Morgan fingerprint density at radius 2 is 1.21 bits per heavy atom. The molecule has 3 saturated heterocycles. The van der Waals surface area contributed by atoms with Crippen LogP contribution in [0.1, 0.15) is 116 Å². The van der Waals surface area contributed by atoms with Gasteiger partial charge in [0.25, 0.3) is 0 Å². The van der Waals surface area contributed by atoms with Gasteiger partial charge in [-0.15, -0.1) is 0 Å². The zero-order valence-corrected chi connectivity index (χ0v) is 20.8. The summed E-state index contributed by atoms with van der Waals surface area (Å²) in [6.45, 7) is 3.59. The predicted octanol–water partition coefficient (Wildman–Crippen LogP) is 6.00.